The first-order chi connectivity index (χ1) is 10.5. The molecule has 0 saturated carbocycles. The van der Waals surface area contributed by atoms with Crippen molar-refractivity contribution >= 4 is 11.7 Å². The Morgan fingerprint density at radius 2 is 2.27 bits per heavy atom. The van der Waals surface area contributed by atoms with Gasteiger partial charge in [0.2, 0.25) is 0 Å². The van der Waals surface area contributed by atoms with Crippen molar-refractivity contribution in [2.45, 2.75) is 12.1 Å². The number of nitrogens with two attached hydrogens (primary N) is 1. The number of ether oxygens (including phenoxy) is 1. The van der Waals surface area contributed by atoms with Crippen molar-refractivity contribution < 1.29 is 14.6 Å². The van der Waals surface area contributed by atoms with E-state index in [2.05, 4.69) is 15.4 Å². The summed E-state index contributed by atoms with van der Waals surface area (Å²) < 4.78 is 6.77. The first-order valence-corrected chi connectivity index (χ1v) is 6.86. The fourth-order valence-electron chi connectivity index (χ4n) is 2.31. The van der Waals surface area contributed by atoms with Gasteiger partial charge in [-0.15, -0.1) is 0 Å². The Morgan fingerprint density at radius 1 is 1.45 bits per heavy atom. The van der Waals surface area contributed by atoms with Crippen LogP contribution in [0.25, 0.3) is 11.1 Å². The van der Waals surface area contributed by atoms with Gasteiger partial charge in [0.25, 0.3) is 5.91 Å². The third kappa shape index (κ3) is 2.78. The van der Waals surface area contributed by atoms with E-state index >= 15 is 0 Å². The summed E-state index contributed by atoms with van der Waals surface area (Å²) in [6.07, 6.45) is 4.39. The van der Waals surface area contributed by atoms with Gasteiger partial charge in [-0.2, -0.15) is 5.10 Å². The fraction of sp³-hybridized carbons (Fsp3) is 0.357. The number of pyridine rings is 1. The molecule has 0 aliphatic carbocycles. The molecule has 2 aromatic heterocycles. The molecular formula is C14H17N5O3. The van der Waals surface area contributed by atoms with Gasteiger partial charge in [0, 0.05) is 30.6 Å². The molecule has 1 aliphatic heterocycles. The van der Waals surface area contributed by atoms with Crippen LogP contribution in [-0.2, 0) is 11.8 Å². The van der Waals surface area contributed by atoms with Crippen LogP contribution in [0.2, 0.25) is 0 Å². The van der Waals surface area contributed by atoms with Gasteiger partial charge in [-0.05, 0) is 6.07 Å². The van der Waals surface area contributed by atoms with Gasteiger partial charge >= 0.3 is 0 Å². The highest BCUT2D eigenvalue weighted by Crippen LogP contribution is 2.21. The molecular weight excluding hydrogens is 286 g/mol. The van der Waals surface area contributed by atoms with E-state index in [9.17, 15) is 9.90 Å². The Hall–Kier alpha value is -2.45. The molecule has 0 bridgehead atoms. The number of hydrogen-bond acceptors (Lipinski definition) is 6. The highest BCUT2D eigenvalue weighted by molar-refractivity contribution is 5.99. The summed E-state index contributed by atoms with van der Waals surface area (Å²) in [5.41, 5.74) is 7.65. The lowest BCUT2D eigenvalue weighted by atomic mass is 10.1. The maximum atomic E-state index is 12.3. The number of nitrogens with zero attached hydrogens (tertiary/aromatic N) is 3. The third-order valence-corrected chi connectivity index (χ3v) is 3.57. The van der Waals surface area contributed by atoms with Gasteiger partial charge in [0.1, 0.15) is 5.82 Å². The standard InChI is InChI=1S/C14H17N5O3/c1-19-5-9(4-17-19)8-2-10(13(15)16-3-8)14(21)18-11-6-22-7-12(11)20/h2-5,11-12,20H,6-7H2,1H3,(H2,15,16)(H,18,21)/t11-,12+/m1/s1. The Balaban J connectivity index is 1.84. The number of aliphatic hydroxyl groups is 1. The quantitative estimate of drug-likeness (QED) is 0.707. The topological polar surface area (TPSA) is 115 Å². The zero-order valence-corrected chi connectivity index (χ0v) is 12.1. The number of amides is 1. The van der Waals surface area contributed by atoms with E-state index in [1.165, 1.54) is 0 Å². The van der Waals surface area contributed by atoms with Crippen LogP contribution in [0.5, 0.6) is 0 Å². The summed E-state index contributed by atoms with van der Waals surface area (Å²) in [4.78, 5) is 16.4. The van der Waals surface area contributed by atoms with Crippen molar-refractivity contribution in [3.63, 3.8) is 0 Å². The fourth-order valence-corrected chi connectivity index (χ4v) is 2.31. The van der Waals surface area contributed by atoms with Gasteiger partial charge in [-0.3, -0.25) is 9.48 Å². The van der Waals surface area contributed by atoms with Crippen molar-refractivity contribution in [3.05, 3.63) is 30.2 Å². The number of nitrogens with one attached hydrogen (secondary N) is 1. The highest BCUT2D eigenvalue weighted by Gasteiger charge is 2.28. The summed E-state index contributed by atoms with van der Waals surface area (Å²) in [5, 5.41) is 16.5. The van der Waals surface area contributed by atoms with E-state index in [0.717, 1.165) is 11.1 Å². The number of rotatable bonds is 3. The molecule has 4 N–H and O–H groups in total. The zero-order valence-electron chi connectivity index (χ0n) is 12.1. The van der Waals surface area contributed by atoms with E-state index in [1.807, 2.05) is 13.2 Å². The number of anilines is 1. The third-order valence-electron chi connectivity index (χ3n) is 3.57. The number of aromatic nitrogens is 3. The van der Waals surface area contributed by atoms with Crippen LogP contribution in [0.1, 0.15) is 10.4 Å². The number of hydrogen-bond donors (Lipinski definition) is 3. The summed E-state index contributed by atoms with van der Waals surface area (Å²) >= 11 is 0. The Morgan fingerprint density at radius 3 is 2.91 bits per heavy atom. The number of aryl methyl sites for hydroxylation is 1. The zero-order chi connectivity index (χ0) is 15.7. The lowest BCUT2D eigenvalue weighted by Crippen LogP contribution is -2.42. The Labute approximate surface area is 126 Å². The lowest BCUT2D eigenvalue weighted by molar-refractivity contribution is 0.0887. The number of carbonyl (C=O) groups excluding carboxylic acids is 1. The second-order valence-corrected chi connectivity index (χ2v) is 5.24. The lowest BCUT2D eigenvalue weighted by Gasteiger charge is -2.15. The summed E-state index contributed by atoms with van der Waals surface area (Å²) in [6.45, 7) is 0.497. The van der Waals surface area contributed by atoms with Gasteiger partial charge < -0.3 is 20.9 Å². The van der Waals surface area contributed by atoms with E-state index in [4.69, 9.17) is 10.5 Å². The maximum absolute atomic E-state index is 12.3. The van der Waals surface area contributed by atoms with Crippen molar-refractivity contribution in [2.75, 3.05) is 18.9 Å². The average molecular weight is 303 g/mol. The van der Waals surface area contributed by atoms with Crippen molar-refractivity contribution in [1.29, 1.82) is 0 Å². The van der Waals surface area contributed by atoms with Crippen LogP contribution >= 0.6 is 0 Å². The predicted molar refractivity (Wildman–Crippen MR) is 78.9 cm³/mol. The molecule has 2 atom stereocenters. The van der Waals surface area contributed by atoms with Crippen LogP contribution in [0.4, 0.5) is 5.82 Å². The second kappa shape index (κ2) is 5.74. The van der Waals surface area contributed by atoms with E-state index in [1.54, 1.807) is 23.1 Å². The van der Waals surface area contributed by atoms with E-state index in [-0.39, 0.29) is 30.5 Å². The molecule has 3 rings (SSSR count). The molecule has 3 heterocycles. The van der Waals surface area contributed by atoms with Crippen molar-refractivity contribution in [1.82, 2.24) is 20.1 Å². The minimum absolute atomic E-state index is 0.138. The minimum Gasteiger partial charge on any atom is -0.388 e. The minimum atomic E-state index is -0.709. The number of aliphatic hydroxyl groups excluding tert-OH is 1. The molecule has 2 aromatic rings. The van der Waals surface area contributed by atoms with E-state index in [0.29, 0.717) is 0 Å². The van der Waals surface area contributed by atoms with Crippen molar-refractivity contribution in [2.24, 2.45) is 7.05 Å². The smallest absolute Gasteiger partial charge is 0.255 e. The molecule has 8 nitrogen and oxygen atoms in total. The van der Waals surface area contributed by atoms with Gasteiger partial charge in [0.15, 0.2) is 0 Å². The molecule has 22 heavy (non-hydrogen) atoms. The normalized spacial score (nSPS) is 21.0. The SMILES string of the molecule is Cn1cc(-c2cnc(N)c(C(=O)N[C@@H]3COC[C@@H]3O)c2)cn1. The molecule has 0 spiro atoms. The largest absolute Gasteiger partial charge is 0.388 e. The summed E-state index contributed by atoms with van der Waals surface area (Å²) in [6, 6.07) is 1.23. The first-order valence-electron chi connectivity index (χ1n) is 6.86. The molecule has 8 heteroatoms. The second-order valence-electron chi connectivity index (χ2n) is 5.24. The predicted octanol–water partition coefficient (Wildman–Crippen LogP) is -0.446. The molecule has 0 radical (unpaired) electrons. The average Bonchev–Trinajstić information content (AvgIpc) is 3.09. The van der Waals surface area contributed by atoms with Crippen LogP contribution in [-0.4, -0.2) is 51.1 Å². The van der Waals surface area contributed by atoms with Gasteiger partial charge in [-0.25, -0.2) is 4.98 Å². The summed E-state index contributed by atoms with van der Waals surface area (Å²) in [7, 11) is 1.81. The molecule has 116 valence electrons. The maximum Gasteiger partial charge on any atom is 0.255 e. The summed E-state index contributed by atoms with van der Waals surface area (Å²) in [5.74, 6) is -0.246. The molecule has 1 fully saturated rings. The van der Waals surface area contributed by atoms with Crippen LogP contribution in [0.3, 0.4) is 0 Å². The number of nitrogen functional groups attached to an aromatic ring is 1. The molecule has 0 aromatic carbocycles. The Kier molecular flexibility index (Phi) is 3.78. The van der Waals surface area contributed by atoms with Crippen LogP contribution in [0.15, 0.2) is 24.7 Å². The van der Waals surface area contributed by atoms with Crippen LogP contribution in [0, 0.1) is 0 Å². The first kappa shape index (κ1) is 14.5. The number of carbonyl (C=O) groups is 1. The molecule has 1 amide bonds. The van der Waals surface area contributed by atoms with Crippen LogP contribution < -0.4 is 11.1 Å². The molecule has 1 saturated heterocycles. The Bertz CT molecular complexity index is 700. The highest BCUT2D eigenvalue weighted by atomic mass is 16.5. The van der Waals surface area contributed by atoms with Gasteiger partial charge in [-0.1, -0.05) is 0 Å². The van der Waals surface area contributed by atoms with Gasteiger partial charge in [0.05, 0.1) is 37.1 Å². The molecule has 1 aliphatic rings. The monoisotopic (exact) mass is 303 g/mol. The van der Waals surface area contributed by atoms with E-state index < -0.39 is 12.1 Å². The molecule has 0 unspecified atom stereocenters. The van der Waals surface area contributed by atoms with Crippen molar-refractivity contribution in [3.8, 4) is 11.1 Å².